The summed E-state index contributed by atoms with van der Waals surface area (Å²) < 4.78 is 0. The van der Waals surface area contributed by atoms with Crippen molar-refractivity contribution in [3.05, 3.63) is 75.0 Å². The number of thioether (sulfide) groups is 1. The maximum atomic E-state index is 11.5. The van der Waals surface area contributed by atoms with E-state index in [1.165, 1.54) is 17.7 Å². The lowest BCUT2D eigenvalue weighted by Gasteiger charge is -2.15. The topological polar surface area (TPSA) is 97.4 Å². The Hall–Kier alpha value is -2.03. The van der Waals surface area contributed by atoms with E-state index in [1.807, 2.05) is 30.0 Å². The van der Waals surface area contributed by atoms with E-state index in [9.17, 15) is 15.0 Å². The molecule has 0 bridgehead atoms. The lowest BCUT2D eigenvalue weighted by molar-refractivity contribution is 0.177. The minimum absolute atomic E-state index is 0.00337. The highest BCUT2D eigenvalue weighted by molar-refractivity contribution is 7.99. The van der Waals surface area contributed by atoms with Crippen LogP contribution in [-0.4, -0.2) is 52.9 Å². The van der Waals surface area contributed by atoms with Gasteiger partial charge in [0.2, 0.25) is 5.56 Å². The Bertz CT molecular complexity index is 1060. The second-order valence-electron chi connectivity index (χ2n) is 7.56. The lowest BCUT2D eigenvalue weighted by Crippen LogP contribution is -2.24. The first kappa shape index (κ1) is 24.6. The summed E-state index contributed by atoms with van der Waals surface area (Å²) in [5.41, 5.74) is 1.92. The predicted octanol–water partition coefficient (Wildman–Crippen LogP) is 3.47. The Morgan fingerprint density at radius 2 is 1.84 bits per heavy atom. The number of aliphatic hydroxyl groups excluding tert-OH is 1. The fourth-order valence-corrected chi connectivity index (χ4v) is 4.56. The lowest BCUT2D eigenvalue weighted by atomic mass is 10.0. The van der Waals surface area contributed by atoms with E-state index in [2.05, 4.69) is 21.7 Å². The van der Waals surface area contributed by atoms with Gasteiger partial charge in [-0.25, -0.2) is 0 Å². The van der Waals surface area contributed by atoms with Crippen LogP contribution in [0.25, 0.3) is 10.9 Å². The second kappa shape index (κ2) is 12.9. The molecule has 1 atom stereocenters. The number of phenolic OH excluding ortho intramolecular Hbond substituents is 1. The molecule has 32 heavy (non-hydrogen) atoms. The minimum Gasteiger partial charge on any atom is -0.506 e. The van der Waals surface area contributed by atoms with Gasteiger partial charge in [-0.1, -0.05) is 35.9 Å². The maximum absolute atomic E-state index is 11.5. The van der Waals surface area contributed by atoms with E-state index in [0.29, 0.717) is 23.0 Å². The second-order valence-corrected chi connectivity index (χ2v) is 9.19. The summed E-state index contributed by atoms with van der Waals surface area (Å²) in [5.74, 6) is 2.05. The van der Waals surface area contributed by atoms with Gasteiger partial charge in [0.15, 0.2) is 0 Å². The number of pyridine rings is 1. The van der Waals surface area contributed by atoms with Crippen molar-refractivity contribution in [2.24, 2.45) is 0 Å². The first-order valence-electron chi connectivity index (χ1n) is 10.8. The summed E-state index contributed by atoms with van der Waals surface area (Å²) >= 11 is 8.05. The van der Waals surface area contributed by atoms with E-state index in [4.69, 9.17) is 11.6 Å². The van der Waals surface area contributed by atoms with Gasteiger partial charge in [-0.05, 0) is 61.0 Å². The van der Waals surface area contributed by atoms with Gasteiger partial charge in [-0.15, -0.1) is 0 Å². The number of nitrogens with one attached hydrogen (secondary N) is 3. The number of H-pyrrole nitrogens is 1. The highest BCUT2D eigenvalue weighted by Gasteiger charge is 2.13. The van der Waals surface area contributed by atoms with Crippen LogP contribution in [0.4, 0.5) is 0 Å². The molecule has 0 saturated carbocycles. The number of hydrogen-bond acceptors (Lipinski definition) is 6. The van der Waals surface area contributed by atoms with Gasteiger partial charge < -0.3 is 25.8 Å². The molecule has 8 heteroatoms. The molecule has 6 nitrogen and oxygen atoms in total. The molecule has 3 aromatic rings. The SMILES string of the molecule is O=c1ccc2c([C@@H](O)CNCCSCCCNCCc3ccccc3Cl)ccc(O)c2[nH]1. The van der Waals surface area contributed by atoms with Crippen molar-refractivity contribution in [1.82, 2.24) is 15.6 Å². The molecule has 1 heterocycles. The molecule has 1 aromatic heterocycles. The monoisotopic (exact) mass is 475 g/mol. The van der Waals surface area contributed by atoms with Crippen molar-refractivity contribution in [2.75, 3.05) is 37.7 Å². The Morgan fingerprint density at radius 1 is 1.00 bits per heavy atom. The van der Waals surface area contributed by atoms with E-state index < -0.39 is 6.10 Å². The molecule has 0 amide bonds. The zero-order valence-electron chi connectivity index (χ0n) is 17.9. The fourth-order valence-electron chi connectivity index (χ4n) is 3.49. The van der Waals surface area contributed by atoms with Crippen molar-refractivity contribution in [3.8, 4) is 5.75 Å². The number of rotatable bonds is 13. The third-order valence-electron chi connectivity index (χ3n) is 5.20. The van der Waals surface area contributed by atoms with Crippen molar-refractivity contribution < 1.29 is 10.2 Å². The molecule has 0 aliphatic carbocycles. The smallest absolute Gasteiger partial charge is 0.248 e. The first-order valence-corrected chi connectivity index (χ1v) is 12.3. The molecule has 5 N–H and O–H groups in total. The van der Waals surface area contributed by atoms with Crippen molar-refractivity contribution in [2.45, 2.75) is 18.9 Å². The van der Waals surface area contributed by atoms with E-state index in [1.54, 1.807) is 12.1 Å². The van der Waals surface area contributed by atoms with Crippen LogP contribution in [0.2, 0.25) is 5.02 Å². The number of aromatic nitrogens is 1. The average molecular weight is 476 g/mol. The maximum Gasteiger partial charge on any atom is 0.248 e. The largest absolute Gasteiger partial charge is 0.506 e. The van der Waals surface area contributed by atoms with Crippen LogP contribution in [-0.2, 0) is 6.42 Å². The molecule has 172 valence electrons. The predicted molar refractivity (Wildman–Crippen MR) is 134 cm³/mol. The fraction of sp³-hybridized carbons (Fsp3) is 0.375. The van der Waals surface area contributed by atoms with Crippen molar-refractivity contribution in [1.29, 1.82) is 0 Å². The van der Waals surface area contributed by atoms with Gasteiger partial charge in [-0.2, -0.15) is 11.8 Å². The number of fused-ring (bicyclic) bond motifs is 1. The zero-order chi connectivity index (χ0) is 22.8. The highest BCUT2D eigenvalue weighted by Crippen LogP contribution is 2.28. The Balaban J connectivity index is 1.26. The third-order valence-corrected chi connectivity index (χ3v) is 6.64. The molecule has 0 unspecified atom stereocenters. The van der Waals surface area contributed by atoms with E-state index in [-0.39, 0.29) is 11.3 Å². The molecular formula is C24H30ClN3O3S. The van der Waals surface area contributed by atoms with Crippen LogP contribution < -0.4 is 16.2 Å². The number of aromatic amines is 1. The van der Waals surface area contributed by atoms with Gasteiger partial charge >= 0.3 is 0 Å². The standard InChI is InChI=1S/C24H30ClN3O3S/c25-20-5-2-1-4-17(20)10-12-26-11-3-14-32-15-13-27-16-22(30)18-6-8-21(29)24-19(18)7-9-23(31)28-24/h1-2,4-9,22,26-27,29-30H,3,10-16H2,(H,28,31)/t22-/m0/s1. The summed E-state index contributed by atoms with van der Waals surface area (Å²) in [5, 5.41) is 28.7. The summed E-state index contributed by atoms with van der Waals surface area (Å²) in [7, 11) is 0. The normalized spacial score (nSPS) is 12.3. The van der Waals surface area contributed by atoms with Crippen molar-refractivity contribution in [3.63, 3.8) is 0 Å². The molecule has 0 aliphatic rings. The number of phenols is 1. The number of aromatic hydroxyl groups is 1. The number of hydrogen-bond donors (Lipinski definition) is 5. The summed E-state index contributed by atoms with van der Waals surface area (Å²) in [4.78, 5) is 14.1. The highest BCUT2D eigenvalue weighted by atomic mass is 35.5. The van der Waals surface area contributed by atoms with E-state index in [0.717, 1.165) is 49.0 Å². The minimum atomic E-state index is -0.726. The first-order chi connectivity index (χ1) is 15.6. The van der Waals surface area contributed by atoms with Crippen LogP contribution in [0.3, 0.4) is 0 Å². The molecule has 0 radical (unpaired) electrons. The Kier molecular flexibility index (Phi) is 9.89. The number of halogens is 1. The van der Waals surface area contributed by atoms with Gasteiger partial charge in [0.25, 0.3) is 0 Å². The average Bonchev–Trinajstić information content (AvgIpc) is 2.79. The molecule has 0 saturated heterocycles. The zero-order valence-corrected chi connectivity index (χ0v) is 19.5. The van der Waals surface area contributed by atoms with Crippen molar-refractivity contribution >= 4 is 34.3 Å². The van der Waals surface area contributed by atoms with Gasteiger partial charge in [0.05, 0.1) is 11.6 Å². The number of benzene rings is 2. The van der Waals surface area contributed by atoms with Gasteiger partial charge in [0.1, 0.15) is 5.75 Å². The Labute approximate surface area is 197 Å². The molecule has 0 aliphatic heterocycles. The Morgan fingerprint density at radius 3 is 2.69 bits per heavy atom. The number of aliphatic hydroxyl groups is 1. The molecule has 0 spiro atoms. The van der Waals surface area contributed by atoms with Gasteiger partial charge in [0, 0.05) is 35.3 Å². The molecule has 2 aromatic carbocycles. The van der Waals surface area contributed by atoms with Crippen LogP contribution in [0, 0.1) is 0 Å². The van der Waals surface area contributed by atoms with Crippen LogP contribution >= 0.6 is 23.4 Å². The van der Waals surface area contributed by atoms with Crippen LogP contribution in [0.5, 0.6) is 5.75 Å². The summed E-state index contributed by atoms with van der Waals surface area (Å²) in [6.45, 7) is 3.12. The molecule has 3 rings (SSSR count). The summed E-state index contributed by atoms with van der Waals surface area (Å²) in [6, 6.07) is 14.2. The quantitative estimate of drug-likeness (QED) is 0.243. The molecular weight excluding hydrogens is 446 g/mol. The summed E-state index contributed by atoms with van der Waals surface area (Å²) in [6.07, 6.45) is 1.32. The molecule has 0 fully saturated rings. The van der Waals surface area contributed by atoms with E-state index >= 15 is 0 Å². The van der Waals surface area contributed by atoms with Gasteiger partial charge in [-0.3, -0.25) is 4.79 Å². The van der Waals surface area contributed by atoms with Crippen LogP contribution in [0.15, 0.2) is 53.3 Å². The third kappa shape index (κ3) is 7.25. The van der Waals surface area contributed by atoms with Crippen LogP contribution in [0.1, 0.15) is 23.7 Å².